The molecule has 2 N–H and O–H groups in total. The van der Waals surface area contributed by atoms with Gasteiger partial charge < -0.3 is 5.32 Å². The van der Waals surface area contributed by atoms with Crippen molar-refractivity contribution >= 4 is 11.6 Å². The molecule has 4 heteroatoms. The SMILES string of the molecule is O=C(CCNOCc1ccccc1)Nc1ccccc1. The molecular formula is C16H18N2O2. The Bertz CT molecular complexity index is 515. The number of hydrogen-bond acceptors (Lipinski definition) is 3. The highest BCUT2D eigenvalue weighted by molar-refractivity contribution is 5.90. The van der Waals surface area contributed by atoms with Gasteiger partial charge in [0, 0.05) is 18.7 Å². The van der Waals surface area contributed by atoms with Gasteiger partial charge in [0.05, 0.1) is 6.61 Å². The van der Waals surface area contributed by atoms with E-state index in [0.29, 0.717) is 19.6 Å². The van der Waals surface area contributed by atoms with Crippen LogP contribution in [0.15, 0.2) is 60.7 Å². The summed E-state index contributed by atoms with van der Waals surface area (Å²) in [7, 11) is 0. The monoisotopic (exact) mass is 270 g/mol. The molecule has 4 nitrogen and oxygen atoms in total. The van der Waals surface area contributed by atoms with E-state index in [0.717, 1.165) is 11.3 Å². The highest BCUT2D eigenvalue weighted by Gasteiger charge is 2.01. The van der Waals surface area contributed by atoms with Crippen molar-refractivity contribution in [1.82, 2.24) is 5.48 Å². The third kappa shape index (κ3) is 5.22. The van der Waals surface area contributed by atoms with Gasteiger partial charge in [-0.25, -0.2) is 5.48 Å². The molecule has 2 aromatic rings. The van der Waals surface area contributed by atoms with Crippen LogP contribution in [0.4, 0.5) is 5.69 Å². The first kappa shape index (κ1) is 14.2. The van der Waals surface area contributed by atoms with Crippen molar-refractivity contribution in [3.63, 3.8) is 0 Å². The second-order valence-electron chi connectivity index (χ2n) is 4.33. The van der Waals surface area contributed by atoms with Crippen molar-refractivity contribution in [3.05, 3.63) is 66.2 Å². The van der Waals surface area contributed by atoms with Gasteiger partial charge in [-0.3, -0.25) is 9.63 Å². The van der Waals surface area contributed by atoms with Crippen LogP contribution in [0.3, 0.4) is 0 Å². The molecule has 0 saturated carbocycles. The van der Waals surface area contributed by atoms with E-state index in [1.807, 2.05) is 60.7 Å². The third-order valence-corrected chi connectivity index (χ3v) is 2.70. The number of rotatable bonds is 7. The van der Waals surface area contributed by atoms with E-state index >= 15 is 0 Å². The lowest BCUT2D eigenvalue weighted by atomic mass is 10.2. The zero-order chi connectivity index (χ0) is 14.0. The molecule has 0 spiro atoms. The number of amides is 1. The fraction of sp³-hybridized carbons (Fsp3) is 0.188. The van der Waals surface area contributed by atoms with E-state index < -0.39 is 0 Å². The van der Waals surface area contributed by atoms with Crippen LogP contribution < -0.4 is 10.8 Å². The molecule has 2 rings (SSSR count). The standard InChI is InChI=1S/C16H18N2O2/c19-16(18-15-9-5-2-6-10-15)11-12-17-20-13-14-7-3-1-4-8-14/h1-10,17H,11-13H2,(H,18,19). The second kappa shape index (κ2) is 8.09. The average Bonchev–Trinajstić information content (AvgIpc) is 2.49. The summed E-state index contributed by atoms with van der Waals surface area (Å²) >= 11 is 0. The fourth-order valence-electron chi connectivity index (χ4n) is 1.69. The minimum atomic E-state index is -0.0352. The number of hydroxylamine groups is 1. The molecule has 0 radical (unpaired) electrons. The molecule has 104 valence electrons. The van der Waals surface area contributed by atoms with Crippen LogP contribution in [0, 0.1) is 0 Å². The normalized spacial score (nSPS) is 10.2. The first-order chi connectivity index (χ1) is 9.84. The molecule has 0 atom stereocenters. The Morgan fingerprint density at radius 1 is 0.950 bits per heavy atom. The van der Waals surface area contributed by atoms with Gasteiger partial charge in [0.2, 0.25) is 5.91 Å². The van der Waals surface area contributed by atoms with Crippen molar-refractivity contribution in [2.45, 2.75) is 13.0 Å². The average molecular weight is 270 g/mol. The van der Waals surface area contributed by atoms with E-state index in [4.69, 9.17) is 4.84 Å². The minimum Gasteiger partial charge on any atom is -0.326 e. The van der Waals surface area contributed by atoms with Crippen molar-refractivity contribution in [3.8, 4) is 0 Å². The van der Waals surface area contributed by atoms with Crippen LogP contribution in [0.25, 0.3) is 0 Å². The number of carbonyl (C=O) groups excluding carboxylic acids is 1. The number of benzene rings is 2. The van der Waals surface area contributed by atoms with E-state index in [1.165, 1.54) is 0 Å². The number of carbonyl (C=O) groups is 1. The van der Waals surface area contributed by atoms with E-state index in [2.05, 4.69) is 10.8 Å². The Labute approximate surface area is 118 Å². The van der Waals surface area contributed by atoms with Crippen molar-refractivity contribution < 1.29 is 9.63 Å². The molecular weight excluding hydrogens is 252 g/mol. The summed E-state index contributed by atoms with van der Waals surface area (Å²) in [5.41, 5.74) is 4.69. The summed E-state index contributed by atoms with van der Waals surface area (Å²) in [6.45, 7) is 0.965. The summed E-state index contributed by atoms with van der Waals surface area (Å²) in [4.78, 5) is 16.9. The largest absolute Gasteiger partial charge is 0.326 e. The molecule has 0 bridgehead atoms. The van der Waals surface area contributed by atoms with Crippen LogP contribution in [-0.4, -0.2) is 12.5 Å². The van der Waals surface area contributed by atoms with Gasteiger partial charge in [-0.1, -0.05) is 48.5 Å². The molecule has 0 aliphatic heterocycles. The highest BCUT2D eigenvalue weighted by atomic mass is 16.6. The summed E-state index contributed by atoms with van der Waals surface area (Å²) < 4.78 is 0. The van der Waals surface area contributed by atoms with E-state index in [9.17, 15) is 4.79 Å². The molecule has 20 heavy (non-hydrogen) atoms. The highest BCUT2D eigenvalue weighted by Crippen LogP contribution is 2.05. The topological polar surface area (TPSA) is 50.4 Å². The molecule has 0 heterocycles. The molecule has 0 aliphatic rings. The quantitative estimate of drug-likeness (QED) is 0.601. The van der Waals surface area contributed by atoms with E-state index in [-0.39, 0.29) is 5.91 Å². The molecule has 1 amide bonds. The van der Waals surface area contributed by atoms with Gasteiger partial charge in [0.1, 0.15) is 0 Å². The minimum absolute atomic E-state index is 0.0352. The lowest BCUT2D eigenvalue weighted by molar-refractivity contribution is -0.116. The van der Waals surface area contributed by atoms with Crippen LogP contribution >= 0.6 is 0 Å². The number of nitrogens with one attached hydrogen (secondary N) is 2. The molecule has 0 aromatic heterocycles. The Balaban J connectivity index is 1.58. The maximum absolute atomic E-state index is 11.6. The second-order valence-corrected chi connectivity index (χ2v) is 4.33. The van der Waals surface area contributed by atoms with Crippen LogP contribution in [-0.2, 0) is 16.2 Å². The van der Waals surface area contributed by atoms with Gasteiger partial charge >= 0.3 is 0 Å². The van der Waals surface area contributed by atoms with Crippen LogP contribution in [0.2, 0.25) is 0 Å². The van der Waals surface area contributed by atoms with Gasteiger partial charge in [-0.2, -0.15) is 0 Å². The number of anilines is 1. The van der Waals surface area contributed by atoms with Gasteiger partial charge in [-0.15, -0.1) is 0 Å². The summed E-state index contributed by atoms with van der Waals surface area (Å²) in [5, 5.41) is 2.82. The smallest absolute Gasteiger partial charge is 0.225 e. The van der Waals surface area contributed by atoms with Crippen LogP contribution in [0.1, 0.15) is 12.0 Å². The van der Waals surface area contributed by atoms with Gasteiger partial charge in [0.25, 0.3) is 0 Å². The van der Waals surface area contributed by atoms with Crippen molar-refractivity contribution in [1.29, 1.82) is 0 Å². The summed E-state index contributed by atoms with van der Waals surface area (Å²) in [6.07, 6.45) is 0.365. The molecule has 0 unspecified atom stereocenters. The maximum Gasteiger partial charge on any atom is 0.225 e. The fourth-order valence-corrected chi connectivity index (χ4v) is 1.69. The maximum atomic E-state index is 11.6. The first-order valence-corrected chi connectivity index (χ1v) is 6.58. The predicted octanol–water partition coefficient (Wildman–Crippen LogP) is 2.74. The predicted molar refractivity (Wildman–Crippen MR) is 78.9 cm³/mol. The Morgan fingerprint density at radius 3 is 2.30 bits per heavy atom. The van der Waals surface area contributed by atoms with Gasteiger partial charge in [0.15, 0.2) is 0 Å². The lowest BCUT2D eigenvalue weighted by Gasteiger charge is -2.07. The zero-order valence-electron chi connectivity index (χ0n) is 11.2. The van der Waals surface area contributed by atoms with Crippen molar-refractivity contribution in [2.24, 2.45) is 0 Å². The first-order valence-electron chi connectivity index (χ1n) is 6.58. The van der Waals surface area contributed by atoms with Crippen LogP contribution in [0.5, 0.6) is 0 Å². The summed E-state index contributed by atoms with van der Waals surface area (Å²) in [5.74, 6) is -0.0352. The molecule has 0 fully saturated rings. The number of para-hydroxylation sites is 1. The van der Waals surface area contributed by atoms with E-state index in [1.54, 1.807) is 0 Å². The van der Waals surface area contributed by atoms with Gasteiger partial charge in [-0.05, 0) is 17.7 Å². The third-order valence-electron chi connectivity index (χ3n) is 2.70. The Morgan fingerprint density at radius 2 is 1.60 bits per heavy atom. The molecule has 0 saturated heterocycles. The summed E-state index contributed by atoms with van der Waals surface area (Å²) in [6, 6.07) is 19.3. The molecule has 2 aromatic carbocycles. The lowest BCUT2D eigenvalue weighted by Crippen LogP contribution is -2.22. The number of hydrogen-bond donors (Lipinski definition) is 2. The Kier molecular flexibility index (Phi) is 5.76. The zero-order valence-corrected chi connectivity index (χ0v) is 11.2. The molecule has 0 aliphatic carbocycles. The Hall–Kier alpha value is -2.17. The van der Waals surface area contributed by atoms with Crippen molar-refractivity contribution in [2.75, 3.05) is 11.9 Å².